The summed E-state index contributed by atoms with van der Waals surface area (Å²) >= 11 is 0. The van der Waals surface area contributed by atoms with Gasteiger partial charge in [-0.15, -0.1) is 0 Å². The second-order valence-electron chi connectivity index (χ2n) is 6.01. The Labute approximate surface area is 123 Å². The van der Waals surface area contributed by atoms with Gasteiger partial charge in [-0.1, -0.05) is 43.7 Å². The first-order valence-electron chi connectivity index (χ1n) is 7.81. The molecule has 0 amide bonds. The smallest absolute Gasteiger partial charge is 0.0795 e. The first-order chi connectivity index (χ1) is 9.74. The first-order valence-corrected chi connectivity index (χ1v) is 7.81. The highest BCUT2D eigenvalue weighted by molar-refractivity contribution is 5.25. The third-order valence-corrected chi connectivity index (χ3v) is 4.75. The maximum absolute atomic E-state index is 9.99. The van der Waals surface area contributed by atoms with E-state index >= 15 is 0 Å². The number of hydrogen-bond acceptors (Lipinski definition) is 3. The second-order valence-corrected chi connectivity index (χ2v) is 6.01. The molecule has 3 heteroatoms. The van der Waals surface area contributed by atoms with E-state index in [0.717, 1.165) is 25.6 Å². The van der Waals surface area contributed by atoms with Gasteiger partial charge in [-0.25, -0.2) is 0 Å². The van der Waals surface area contributed by atoms with Crippen molar-refractivity contribution in [1.29, 1.82) is 0 Å². The van der Waals surface area contributed by atoms with Crippen molar-refractivity contribution in [2.45, 2.75) is 31.7 Å². The number of benzene rings is 1. The fourth-order valence-corrected chi connectivity index (χ4v) is 3.30. The summed E-state index contributed by atoms with van der Waals surface area (Å²) in [4.78, 5) is 2.51. The van der Waals surface area contributed by atoms with Crippen LogP contribution in [-0.2, 0) is 5.54 Å². The van der Waals surface area contributed by atoms with Gasteiger partial charge in [-0.3, -0.25) is 0 Å². The van der Waals surface area contributed by atoms with Crippen LogP contribution in [0.4, 0.5) is 0 Å². The van der Waals surface area contributed by atoms with Crippen molar-refractivity contribution in [3.8, 4) is 0 Å². The van der Waals surface area contributed by atoms with Gasteiger partial charge in [-0.2, -0.15) is 0 Å². The fraction of sp³-hybridized carbons (Fsp3) is 0.647. The summed E-state index contributed by atoms with van der Waals surface area (Å²) in [5, 5.41) is 13.4. The molecule has 2 rings (SSSR count). The minimum atomic E-state index is -0.350. The van der Waals surface area contributed by atoms with Crippen LogP contribution in [0.3, 0.4) is 0 Å². The fourth-order valence-electron chi connectivity index (χ4n) is 3.30. The normalized spacial score (nSPS) is 23.4. The summed E-state index contributed by atoms with van der Waals surface area (Å²) in [6.07, 6.45) is 3.88. The molecule has 2 N–H and O–H groups in total. The predicted octanol–water partition coefficient (Wildman–Crippen LogP) is 2.22. The van der Waals surface area contributed by atoms with E-state index in [1.54, 1.807) is 0 Å². The van der Waals surface area contributed by atoms with Crippen LogP contribution in [0.1, 0.15) is 31.7 Å². The van der Waals surface area contributed by atoms with Crippen molar-refractivity contribution in [3.63, 3.8) is 0 Å². The number of hydrogen-bond donors (Lipinski definition) is 2. The summed E-state index contributed by atoms with van der Waals surface area (Å²) in [6.45, 7) is 5.59. The molecule has 1 aromatic carbocycles. The molecule has 20 heavy (non-hydrogen) atoms. The van der Waals surface area contributed by atoms with Gasteiger partial charge in [0.1, 0.15) is 0 Å². The lowest BCUT2D eigenvalue weighted by molar-refractivity contribution is 0.0842. The minimum absolute atomic E-state index is 0.126. The highest BCUT2D eigenvalue weighted by atomic mass is 16.3. The first kappa shape index (κ1) is 15.5. The van der Waals surface area contributed by atoms with E-state index in [1.807, 2.05) is 25.2 Å². The number of rotatable bonds is 6. The van der Waals surface area contributed by atoms with Crippen molar-refractivity contribution < 1.29 is 5.11 Å². The molecule has 2 unspecified atom stereocenters. The van der Waals surface area contributed by atoms with Gasteiger partial charge in [0, 0.05) is 13.1 Å². The molecule has 0 saturated carbocycles. The number of aliphatic hydroxyl groups excluding tert-OH is 1. The number of nitrogens with one attached hydrogen (secondary N) is 1. The third-order valence-electron chi connectivity index (χ3n) is 4.75. The van der Waals surface area contributed by atoms with Gasteiger partial charge in [0.2, 0.25) is 0 Å². The zero-order valence-corrected chi connectivity index (χ0v) is 12.8. The van der Waals surface area contributed by atoms with E-state index in [4.69, 9.17) is 0 Å². The summed E-state index contributed by atoms with van der Waals surface area (Å²) in [5.74, 6) is 0.813. The van der Waals surface area contributed by atoms with E-state index in [9.17, 15) is 5.11 Å². The predicted molar refractivity (Wildman–Crippen MR) is 83.7 cm³/mol. The molecule has 1 fully saturated rings. The van der Waals surface area contributed by atoms with Crippen LogP contribution < -0.4 is 5.32 Å². The van der Waals surface area contributed by atoms with Gasteiger partial charge >= 0.3 is 0 Å². The molecule has 1 saturated heterocycles. The molecule has 1 heterocycles. The van der Waals surface area contributed by atoms with Crippen LogP contribution in [0.2, 0.25) is 0 Å². The summed E-state index contributed by atoms with van der Waals surface area (Å²) < 4.78 is 0. The summed E-state index contributed by atoms with van der Waals surface area (Å²) in [6, 6.07) is 10.3. The maximum atomic E-state index is 9.99. The SMILES string of the molecule is CCC1CCCN(CC(CO)(NC)c2ccccc2)C1. The summed E-state index contributed by atoms with van der Waals surface area (Å²) in [7, 11) is 1.95. The van der Waals surface area contributed by atoms with Gasteiger partial charge in [0.15, 0.2) is 0 Å². The van der Waals surface area contributed by atoms with Crippen LogP contribution in [0.5, 0.6) is 0 Å². The van der Waals surface area contributed by atoms with Crippen LogP contribution in [0.25, 0.3) is 0 Å². The van der Waals surface area contributed by atoms with Crippen molar-refractivity contribution in [2.24, 2.45) is 5.92 Å². The number of nitrogens with zero attached hydrogens (tertiary/aromatic N) is 1. The zero-order valence-electron chi connectivity index (χ0n) is 12.8. The van der Waals surface area contributed by atoms with Crippen molar-refractivity contribution in [2.75, 3.05) is 33.3 Å². The van der Waals surface area contributed by atoms with E-state index in [0.29, 0.717) is 0 Å². The monoisotopic (exact) mass is 276 g/mol. The topological polar surface area (TPSA) is 35.5 Å². The minimum Gasteiger partial charge on any atom is -0.394 e. The molecule has 0 radical (unpaired) electrons. The molecule has 0 spiro atoms. The highest BCUT2D eigenvalue weighted by Gasteiger charge is 2.33. The number of likely N-dealkylation sites (N-methyl/N-ethyl adjacent to an activating group) is 1. The van der Waals surface area contributed by atoms with E-state index in [1.165, 1.54) is 24.8 Å². The standard InChI is InChI=1S/C17H28N2O/c1-3-15-8-7-11-19(12-15)13-17(14-20,18-2)16-9-5-4-6-10-16/h4-6,9-10,15,18,20H,3,7-8,11-14H2,1-2H3. The van der Waals surface area contributed by atoms with Crippen molar-refractivity contribution in [1.82, 2.24) is 10.2 Å². The Morgan fingerprint density at radius 3 is 2.70 bits per heavy atom. The van der Waals surface area contributed by atoms with E-state index in [2.05, 4.69) is 29.3 Å². The Balaban J connectivity index is 2.13. The van der Waals surface area contributed by atoms with Crippen LogP contribution in [-0.4, -0.2) is 43.3 Å². The van der Waals surface area contributed by atoms with Gasteiger partial charge < -0.3 is 15.3 Å². The van der Waals surface area contributed by atoms with Gasteiger partial charge in [0.05, 0.1) is 12.1 Å². The average Bonchev–Trinajstić information content (AvgIpc) is 2.54. The van der Waals surface area contributed by atoms with E-state index < -0.39 is 0 Å². The number of aliphatic hydroxyl groups is 1. The quantitative estimate of drug-likeness (QED) is 0.836. The number of likely N-dealkylation sites (tertiary alicyclic amines) is 1. The molecular weight excluding hydrogens is 248 g/mol. The molecule has 0 bridgehead atoms. The van der Waals surface area contributed by atoms with Gasteiger partial charge in [-0.05, 0) is 37.9 Å². The average molecular weight is 276 g/mol. The molecule has 1 aromatic rings. The summed E-state index contributed by atoms with van der Waals surface area (Å²) in [5.41, 5.74) is 0.820. The van der Waals surface area contributed by atoms with E-state index in [-0.39, 0.29) is 12.1 Å². The maximum Gasteiger partial charge on any atom is 0.0795 e. The van der Waals surface area contributed by atoms with Crippen LogP contribution >= 0.6 is 0 Å². The second kappa shape index (κ2) is 7.21. The molecule has 0 aliphatic carbocycles. The Kier molecular flexibility index (Phi) is 5.58. The zero-order chi connectivity index (χ0) is 14.4. The third kappa shape index (κ3) is 3.40. The Morgan fingerprint density at radius 1 is 1.35 bits per heavy atom. The Hall–Kier alpha value is -0.900. The lowest BCUT2D eigenvalue weighted by atomic mass is 9.88. The molecule has 1 aliphatic heterocycles. The van der Waals surface area contributed by atoms with Crippen LogP contribution in [0.15, 0.2) is 30.3 Å². The lowest BCUT2D eigenvalue weighted by Gasteiger charge is -2.41. The molecule has 3 nitrogen and oxygen atoms in total. The molecule has 112 valence electrons. The van der Waals surface area contributed by atoms with Crippen molar-refractivity contribution >= 4 is 0 Å². The van der Waals surface area contributed by atoms with Crippen molar-refractivity contribution in [3.05, 3.63) is 35.9 Å². The number of piperidine rings is 1. The lowest BCUT2D eigenvalue weighted by Crippen LogP contribution is -2.54. The Morgan fingerprint density at radius 2 is 2.10 bits per heavy atom. The molecule has 2 atom stereocenters. The largest absolute Gasteiger partial charge is 0.394 e. The van der Waals surface area contributed by atoms with Crippen LogP contribution in [0, 0.1) is 5.92 Å². The van der Waals surface area contributed by atoms with Gasteiger partial charge in [0.25, 0.3) is 0 Å². The molecule has 1 aliphatic rings. The Bertz CT molecular complexity index is 389. The molecular formula is C17H28N2O. The highest BCUT2D eigenvalue weighted by Crippen LogP contribution is 2.26. The molecule has 0 aromatic heterocycles.